The molecule has 3 aromatic rings. The molecule has 3 rings (SSSR count). The van der Waals surface area contributed by atoms with Crippen LogP contribution in [0, 0.1) is 0 Å². The maximum atomic E-state index is 12.3. The fourth-order valence-electron chi connectivity index (χ4n) is 2.05. The molecule has 0 unspecified atom stereocenters. The van der Waals surface area contributed by atoms with Crippen molar-refractivity contribution >= 4 is 11.6 Å². The van der Waals surface area contributed by atoms with Crippen LogP contribution in [-0.2, 0) is 0 Å². The number of amides is 1. The average Bonchev–Trinajstić information content (AvgIpc) is 2.63. The number of nitrogens with zero attached hydrogens (tertiary/aromatic N) is 3. The van der Waals surface area contributed by atoms with Crippen molar-refractivity contribution in [2.45, 2.75) is 6.61 Å². The van der Waals surface area contributed by atoms with Gasteiger partial charge in [0, 0.05) is 23.5 Å². The van der Waals surface area contributed by atoms with Crippen LogP contribution in [0.3, 0.4) is 0 Å². The molecule has 0 aliphatic carbocycles. The first-order valence-electron chi connectivity index (χ1n) is 7.21. The molecule has 0 spiro atoms. The Hall–Kier alpha value is -3.42. The van der Waals surface area contributed by atoms with Gasteiger partial charge in [-0.3, -0.25) is 4.79 Å². The van der Waals surface area contributed by atoms with Gasteiger partial charge in [0.2, 0.25) is 5.88 Å². The summed E-state index contributed by atoms with van der Waals surface area (Å²) in [5.74, 6) is -0.588. The van der Waals surface area contributed by atoms with Crippen LogP contribution < -0.4 is 10.1 Å². The van der Waals surface area contributed by atoms with Crippen LogP contribution >= 0.6 is 0 Å². The summed E-state index contributed by atoms with van der Waals surface area (Å²) in [5, 5.41) is 2.72. The number of hydrogen-bond acceptors (Lipinski definition) is 5. The molecule has 0 aliphatic heterocycles. The molecule has 1 N–H and O–H groups in total. The Morgan fingerprint density at radius 3 is 2.52 bits per heavy atom. The molecule has 25 heavy (non-hydrogen) atoms. The minimum atomic E-state index is -2.94. The third kappa shape index (κ3) is 4.31. The summed E-state index contributed by atoms with van der Waals surface area (Å²) in [4.78, 5) is 24.0. The van der Waals surface area contributed by atoms with Gasteiger partial charge in [0.05, 0.1) is 5.69 Å². The maximum absolute atomic E-state index is 12.3. The molecule has 0 fully saturated rings. The Bertz CT molecular complexity index is 858. The van der Waals surface area contributed by atoms with Crippen molar-refractivity contribution in [3.8, 4) is 17.1 Å². The quantitative estimate of drug-likeness (QED) is 0.769. The maximum Gasteiger partial charge on any atom is 0.388 e. The molecule has 2 heterocycles. The molecule has 1 aromatic carbocycles. The normalized spacial score (nSPS) is 10.5. The first-order chi connectivity index (χ1) is 12.1. The summed E-state index contributed by atoms with van der Waals surface area (Å²) < 4.78 is 28.5. The van der Waals surface area contributed by atoms with E-state index >= 15 is 0 Å². The Balaban J connectivity index is 1.78. The summed E-state index contributed by atoms with van der Waals surface area (Å²) in [5.41, 5.74) is 1.78. The fraction of sp³-hybridized carbons (Fsp3) is 0.0588. The minimum Gasteiger partial charge on any atom is -0.417 e. The van der Waals surface area contributed by atoms with E-state index < -0.39 is 6.61 Å². The van der Waals surface area contributed by atoms with Gasteiger partial charge in [0.25, 0.3) is 5.91 Å². The highest BCUT2D eigenvalue weighted by Crippen LogP contribution is 2.19. The van der Waals surface area contributed by atoms with Crippen LogP contribution in [0.15, 0.2) is 61.1 Å². The lowest BCUT2D eigenvalue weighted by Crippen LogP contribution is -2.14. The first kappa shape index (κ1) is 16.4. The largest absolute Gasteiger partial charge is 0.417 e. The van der Waals surface area contributed by atoms with E-state index in [0.29, 0.717) is 16.9 Å². The molecule has 0 aliphatic rings. The minimum absolute atomic E-state index is 0.168. The number of benzene rings is 1. The highest BCUT2D eigenvalue weighted by Gasteiger charge is 2.11. The summed E-state index contributed by atoms with van der Waals surface area (Å²) >= 11 is 0. The SMILES string of the molecule is O=C(Nc1ccccc1)c1cc(-c2ccc(OC(F)F)nc2)ncn1. The van der Waals surface area contributed by atoms with E-state index in [1.165, 1.54) is 30.7 Å². The molecular formula is C17H12F2N4O2. The van der Waals surface area contributed by atoms with Crippen molar-refractivity contribution in [2.24, 2.45) is 0 Å². The lowest BCUT2D eigenvalue weighted by Gasteiger charge is -2.07. The fourth-order valence-corrected chi connectivity index (χ4v) is 2.05. The van der Waals surface area contributed by atoms with E-state index in [1.807, 2.05) is 6.07 Å². The predicted molar refractivity (Wildman–Crippen MR) is 86.3 cm³/mol. The molecule has 1 amide bonds. The molecule has 0 saturated heterocycles. The van der Waals surface area contributed by atoms with Gasteiger partial charge in [0.1, 0.15) is 12.0 Å². The number of halogens is 2. The summed E-state index contributed by atoms with van der Waals surface area (Å²) in [6.07, 6.45) is 2.58. The zero-order valence-corrected chi connectivity index (χ0v) is 12.8. The van der Waals surface area contributed by atoms with Gasteiger partial charge in [-0.25, -0.2) is 15.0 Å². The van der Waals surface area contributed by atoms with Crippen molar-refractivity contribution in [2.75, 3.05) is 5.32 Å². The summed E-state index contributed by atoms with van der Waals surface area (Å²) in [6.45, 7) is -2.94. The van der Waals surface area contributed by atoms with Crippen molar-refractivity contribution in [1.82, 2.24) is 15.0 Å². The van der Waals surface area contributed by atoms with Gasteiger partial charge >= 0.3 is 6.61 Å². The van der Waals surface area contributed by atoms with Crippen molar-refractivity contribution in [3.05, 3.63) is 66.7 Å². The first-order valence-corrected chi connectivity index (χ1v) is 7.21. The number of hydrogen-bond donors (Lipinski definition) is 1. The smallest absolute Gasteiger partial charge is 0.388 e. The third-order valence-corrected chi connectivity index (χ3v) is 3.17. The topological polar surface area (TPSA) is 77.0 Å². The van der Waals surface area contributed by atoms with E-state index in [2.05, 4.69) is 25.0 Å². The zero-order valence-electron chi connectivity index (χ0n) is 12.8. The average molecular weight is 342 g/mol. The molecule has 6 nitrogen and oxygen atoms in total. The van der Waals surface area contributed by atoms with Crippen LogP contribution in [0.25, 0.3) is 11.3 Å². The number of anilines is 1. The molecule has 8 heteroatoms. The van der Waals surface area contributed by atoms with Gasteiger partial charge in [0.15, 0.2) is 0 Å². The van der Waals surface area contributed by atoms with Gasteiger partial charge in [-0.15, -0.1) is 0 Å². The zero-order chi connectivity index (χ0) is 17.6. The Morgan fingerprint density at radius 1 is 1.04 bits per heavy atom. The van der Waals surface area contributed by atoms with Gasteiger partial charge in [-0.1, -0.05) is 18.2 Å². The Kier molecular flexibility index (Phi) is 4.89. The van der Waals surface area contributed by atoms with Gasteiger partial charge in [-0.2, -0.15) is 8.78 Å². The lowest BCUT2D eigenvalue weighted by molar-refractivity contribution is -0.0528. The summed E-state index contributed by atoms with van der Waals surface area (Å²) in [7, 11) is 0. The second-order valence-electron chi connectivity index (χ2n) is 4.87. The number of para-hydroxylation sites is 1. The standard InChI is InChI=1S/C17H12F2N4O2/c18-17(19)25-15-7-6-11(9-20-15)13-8-14(22-10-21-13)16(24)23-12-4-2-1-3-5-12/h1-10,17H,(H,23,24). The summed E-state index contributed by atoms with van der Waals surface area (Å²) in [6, 6.07) is 13.3. The van der Waals surface area contributed by atoms with Crippen molar-refractivity contribution in [3.63, 3.8) is 0 Å². The van der Waals surface area contributed by atoms with E-state index in [1.54, 1.807) is 24.3 Å². The van der Waals surface area contributed by atoms with Crippen LogP contribution in [0.2, 0.25) is 0 Å². The second kappa shape index (κ2) is 7.43. The number of ether oxygens (including phenoxy) is 1. The van der Waals surface area contributed by atoms with Gasteiger partial charge in [-0.05, 0) is 24.3 Å². The molecule has 0 atom stereocenters. The molecule has 0 radical (unpaired) electrons. The van der Waals surface area contributed by atoms with Gasteiger partial charge < -0.3 is 10.1 Å². The van der Waals surface area contributed by atoms with Crippen LogP contribution in [-0.4, -0.2) is 27.5 Å². The Labute approximate surface area is 141 Å². The number of carbonyl (C=O) groups is 1. The highest BCUT2D eigenvalue weighted by molar-refractivity contribution is 6.03. The molecule has 0 bridgehead atoms. The third-order valence-electron chi connectivity index (χ3n) is 3.17. The highest BCUT2D eigenvalue weighted by atomic mass is 19.3. The molecule has 2 aromatic heterocycles. The number of carbonyl (C=O) groups excluding carboxylic acids is 1. The van der Waals surface area contributed by atoms with E-state index in [4.69, 9.17) is 0 Å². The number of rotatable bonds is 5. The van der Waals surface area contributed by atoms with Crippen LogP contribution in [0.4, 0.5) is 14.5 Å². The van der Waals surface area contributed by atoms with E-state index in [9.17, 15) is 13.6 Å². The van der Waals surface area contributed by atoms with Crippen LogP contribution in [0.5, 0.6) is 5.88 Å². The molecule has 126 valence electrons. The monoisotopic (exact) mass is 342 g/mol. The number of pyridine rings is 1. The number of aromatic nitrogens is 3. The lowest BCUT2D eigenvalue weighted by atomic mass is 10.2. The second-order valence-corrected chi connectivity index (χ2v) is 4.87. The number of alkyl halides is 2. The van der Waals surface area contributed by atoms with Crippen molar-refractivity contribution in [1.29, 1.82) is 0 Å². The van der Waals surface area contributed by atoms with Crippen molar-refractivity contribution < 1.29 is 18.3 Å². The van der Waals surface area contributed by atoms with E-state index in [-0.39, 0.29) is 17.5 Å². The molecule has 0 saturated carbocycles. The Morgan fingerprint density at radius 2 is 1.84 bits per heavy atom. The van der Waals surface area contributed by atoms with Crippen LogP contribution in [0.1, 0.15) is 10.5 Å². The van der Waals surface area contributed by atoms with E-state index in [0.717, 1.165) is 0 Å². The molecular weight excluding hydrogens is 330 g/mol. The predicted octanol–water partition coefficient (Wildman–Crippen LogP) is 3.39. The number of nitrogens with one attached hydrogen (secondary N) is 1.